The summed E-state index contributed by atoms with van der Waals surface area (Å²) < 4.78 is 13.9. The summed E-state index contributed by atoms with van der Waals surface area (Å²) in [6.07, 6.45) is 1.31. The molecule has 1 saturated heterocycles. The summed E-state index contributed by atoms with van der Waals surface area (Å²) in [6.45, 7) is 4.32. The third kappa shape index (κ3) is 3.40. The van der Waals surface area contributed by atoms with Crippen LogP contribution in [0.25, 0.3) is 0 Å². The van der Waals surface area contributed by atoms with Gasteiger partial charge in [-0.05, 0) is 49.9 Å². The molecule has 5 heteroatoms. The zero-order valence-corrected chi connectivity index (χ0v) is 14.4. The molecule has 0 saturated carbocycles. The Hall–Kier alpha value is -2.69. The maximum absolute atomic E-state index is 13.9. The van der Waals surface area contributed by atoms with Gasteiger partial charge in [-0.1, -0.05) is 30.3 Å². The van der Waals surface area contributed by atoms with Gasteiger partial charge in [0.25, 0.3) is 5.91 Å². The lowest BCUT2D eigenvalue weighted by molar-refractivity contribution is -0.119. The lowest BCUT2D eigenvalue weighted by Crippen LogP contribution is -2.43. The molecule has 0 aliphatic carbocycles. The Morgan fingerprint density at radius 2 is 1.76 bits per heavy atom. The molecule has 1 N–H and O–H groups in total. The minimum atomic E-state index is -0.578. The van der Waals surface area contributed by atoms with Crippen LogP contribution in [0.1, 0.15) is 34.3 Å². The van der Waals surface area contributed by atoms with Crippen LogP contribution in [0.15, 0.2) is 42.5 Å². The number of hydrogen-bond donors (Lipinski definition) is 1. The largest absolute Gasteiger partial charge is 0.327 e. The molecular weight excluding hydrogens is 319 g/mol. The molecule has 0 radical (unpaired) electrons. The monoisotopic (exact) mass is 340 g/mol. The minimum absolute atomic E-state index is 0.00859. The van der Waals surface area contributed by atoms with Crippen LogP contribution in [-0.4, -0.2) is 29.3 Å². The van der Waals surface area contributed by atoms with Crippen molar-refractivity contribution in [1.29, 1.82) is 0 Å². The van der Waals surface area contributed by atoms with Gasteiger partial charge in [-0.2, -0.15) is 0 Å². The Labute approximate surface area is 146 Å². The molecule has 2 amide bonds. The summed E-state index contributed by atoms with van der Waals surface area (Å²) in [5, 5.41) is 2.94. The number of nitrogens with zero attached hydrogens (tertiary/aromatic N) is 1. The molecule has 2 aromatic carbocycles. The smallest absolute Gasteiger partial charge is 0.257 e. The predicted octanol–water partition coefficient (Wildman–Crippen LogP) is 3.69. The number of likely N-dealkylation sites (tertiary alicyclic amines) is 1. The Morgan fingerprint density at radius 1 is 1.08 bits per heavy atom. The number of hydrogen-bond acceptors (Lipinski definition) is 2. The number of benzene rings is 2. The number of para-hydroxylation sites is 1. The Kier molecular flexibility index (Phi) is 4.83. The summed E-state index contributed by atoms with van der Waals surface area (Å²) in [6, 6.07) is 11.1. The van der Waals surface area contributed by atoms with Gasteiger partial charge in [-0.15, -0.1) is 0 Å². The molecule has 1 aliphatic rings. The van der Waals surface area contributed by atoms with Crippen LogP contribution >= 0.6 is 0 Å². The first-order valence-corrected chi connectivity index (χ1v) is 8.41. The van der Waals surface area contributed by atoms with Crippen molar-refractivity contribution in [2.45, 2.75) is 32.7 Å². The highest BCUT2D eigenvalue weighted by molar-refractivity contribution is 6.02. The average Bonchev–Trinajstić information content (AvgIpc) is 3.08. The molecule has 1 heterocycles. The van der Waals surface area contributed by atoms with Crippen molar-refractivity contribution in [2.24, 2.45) is 0 Å². The fourth-order valence-corrected chi connectivity index (χ4v) is 3.29. The topological polar surface area (TPSA) is 49.4 Å². The van der Waals surface area contributed by atoms with E-state index in [9.17, 15) is 14.0 Å². The van der Waals surface area contributed by atoms with E-state index in [-0.39, 0.29) is 11.5 Å². The first kappa shape index (κ1) is 17.1. The summed E-state index contributed by atoms with van der Waals surface area (Å²) >= 11 is 0. The van der Waals surface area contributed by atoms with Gasteiger partial charge in [0, 0.05) is 12.2 Å². The second kappa shape index (κ2) is 7.05. The molecule has 4 nitrogen and oxygen atoms in total. The Balaban J connectivity index is 1.81. The number of carbonyl (C=O) groups is 2. The van der Waals surface area contributed by atoms with Crippen LogP contribution < -0.4 is 5.32 Å². The quantitative estimate of drug-likeness (QED) is 0.926. The number of nitrogens with one attached hydrogen (secondary N) is 1. The lowest BCUT2D eigenvalue weighted by Gasteiger charge is -2.25. The van der Waals surface area contributed by atoms with E-state index in [1.807, 2.05) is 32.0 Å². The molecule has 0 unspecified atom stereocenters. The van der Waals surface area contributed by atoms with Crippen LogP contribution in [0.4, 0.5) is 10.1 Å². The normalized spacial score (nSPS) is 16.8. The molecule has 1 fully saturated rings. The molecular formula is C20H21FN2O2. The molecule has 1 aliphatic heterocycles. The number of carbonyl (C=O) groups excluding carboxylic acids is 2. The molecule has 25 heavy (non-hydrogen) atoms. The number of anilines is 1. The first-order chi connectivity index (χ1) is 12.0. The second-order valence-corrected chi connectivity index (χ2v) is 6.39. The minimum Gasteiger partial charge on any atom is -0.327 e. The van der Waals surface area contributed by atoms with E-state index in [0.29, 0.717) is 13.0 Å². The number of aryl methyl sites for hydroxylation is 2. The van der Waals surface area contributed by atoms with E-state index in [2.05, 4.69) is 5.32 Å². The fourth-order valence-electron chi connectivity index (χ4n) is 3.29. The highest BCUT2D eigenvalue weighted by Gasteiger charge is 2.35. The van der Waals surface area contributed by atoms with Crippen molar-refractivity contribution < 1.29 is 14.0 Å². The average molecular weight is 340 g/mol. The Morgan fingerprint density at radius 3 is 2.44 bits per heavy atom. The molecule has 2 aromatic rings. The second-order valence-electron chi connectivity index (χ2n) is 6.39. The van der Waals surface area contributed by atoms with Crippen LogP contribution in [0.3, 0.4) is 0 Å². The molecule has 1 atom stereocenters. The van der Waals surface area contributed by atoms with E-state index < -0.39 is 17.8 Å². The van der Waals surface area contributed by atoms with Crippen molar-refractivity contribution in [3.8, 4) is 0 Å². The maximum atomic E-state index is 13.9. The van der Waals surface area contributed by atoms with E-state index in [1.54, 1.807) is 12.1 Å². The standard InChI is InChI=1S/C20H21FN2O2/c1-13-7-5-8-14(2)18(13)22-19(24)17-11-6-12-23(17)20(25)15-9-3-4-10-16(15)21/h3-5,7-10,17H,6,11-12H2,1-2H3,(H,22,24)/t17-/m1/s1. The van der Waals surface area contributed by atoms with Gasteiger partial charge in [-0.25, -0.2) is 4.39 Å². The summed E-state index contributed by atoms with van der Waals surface area (Å²) in [5.41, 5.74) is 2.73. The molecule has 3 rings (SSSR count). The number of halogens is 1. The van der Waals surface area contributed by atoms with Crippen LogP contribution in [0.5, 0.6) is 0 Å². The lowest BCUT2D eigenvalue weighted by atomic mass is 10.1. The maximum Gasteiger partial charge on any atom is 0.257 e. The molecule has 0 aromatic heterocycles. The summed E-state index contributed by atoms with van der Waals surface area (Å²) in [5.74, 6) is -1.22. The van der Waals surface area contributed by atoms with Gasteiger partial charge in [0.1, 0.15) is 11.9 Å². The zero-order chi connectivity index (χ0) is 18.0. The van der Waals surface area contributed by atoms with Gasteiger partial charge >= 0.3 is 0 Å². The Bertz CT molecular complexity index is 799. The summed E-state index contributed by atoms with van der Waals surface area (Å²) in [7, 11) is 0. The van der Waals surface area contributed by atoms with Gasteiger partial charge in [-0.3, -0.25) is 9.59 Å². The van der Waals surface area contributed by atoms with E-state index in [0.717, 1.165) is 23.2 Å². The van der Waals surface area contributed by atoms with Crippen molar-refractivity contribution in [3.05, 3.63) is 65.0 Å². The van der Waals surface area contributed by atoms with Crippen LogP contribution in [0, 0.1) is 19.7 Å². The van der Waals surface area contributed by atoms with Crippen molar-refractivity contribution in [2.75, 3.05) is 11.9 Å². The predicted molar refractivity (Wildman–Crippen MR) is 95.0 cm³/mol. The molecule has 0 spiro atoms. The molecule has 130 valence electrons. The number of rotatable bonds is 3. The molecule has 0 bridgehead atoms. The third-order valence-corrected chi connectivity index (χ3v) is 4.65. The van der Waals surface area contributed by atoms with Gasteiger partial charge in [0.15, 0.2) is 0 Å². The van der Waals surface area contributed by atoms with Crippen molar-refractivity contribution in [3.63, 3.8) is 0 Å². The summed E-state index contributed by atoms with van der Waals surface area (Å²) in [4.78, 5) is 26.9. The van der Waals surface area contributed by atoms with E-state index in [1.165, 1.54) is 17.0 Å². The highest BCUT2D eigenvalue weighted by atomic mass is 19.1. The van der Waals surface area contributed by atoms with Crippen molar-refractivity contribution >= 4 is 17.5 Å². The third-order valence-electron chi connectivity index (χ3n) is 4.65. The van der Waals surface area contributed by atoms with E-state index >= 15 is 0 Å². The van der Waals surface area contributed by atoms with Gasteiger partial charge < -0.3 is 10.2 Å². The SMILES string of the molecule is Cc1cccc(C)c1NC(=O)[C@H]1CCCN1C(=O)c1ccccc1F. The van der Waals surface area contributed by atoms with Gasteiger partial charge in [0.05, 0.1) is 5.56 Å². The zero-order valence-electron chi connectivity index (χ0n) is 14.4. The van der Waals surface area contributed by atoms with Crippen LogP contribution in [-0.2, 0) is 4.79 Å². The van der Waals surface area contributed by atoms with Gasteiger partial charge in [0.2, 0.25) is 5.91 Å². The first-order valence-electron chi connectivity index (χ1n) is 8.41. The van der Waals surface area contributed by atoms with E-state index in [4.69, 9.17) is 0 Å². The highest BCUT2D eigenvalue weighted by Crippen LogP contribution is 2.25. The van der Waals surface area contributed by atoms with Crippen LogP contribution in [0.2, 0.25) is 0 Å². The number of amides is 2. The fraction of sp³-hybridized carbons (Fsp3) is 0.300. The van der Waals surface area contributed by atoms with Crippen molar-refractivity contribution in [1.82, 2.24) is 4.90 Å².